The van der Waals surface area contributed by atoms with Crippen molar-refractivity contribution in [1.29, 1.82) is 5.26 Å². The average molecular weight is 206 g/mol. The highest BCUT2D eigenvalue weighted by Crippen LogP contribution is 2.13. The van der Waals surface area contributed by atoms with E-state index in [0.29, 0.717) is 18.1 Å². The van der Waals surface area contributed by atoms with E-state index in [9.17, 15) is 0 Å². The molecule has 1 heterocycles. The standard InChI is InChI=1S/C10H14N4O/c1-2-5-14(6-7-15)10-9(8-11)12-3-4-13-10/h3-4,15H,2,5-7H2,1H3. The van der Waals surface area contributed by atoms with Gasteiger partial charge in [-0.2, -0.15) is 5.26 Å². The zero-order valence-corrected chi connectivity index (χ0v) is 8.72. The summed E-state index contributed by atoms with van der Waals surface area (Å²) < 4.78 is 0. The number of rotatable bonds is 5. The first-order chi connectivity index (χ1) is 7.33. The number of nitrogens with zero attached hydrogens (tertiary/aromatic N) is 4. The molecule has 0 unspecified atom stereocenters. The maximum absolute atomic E-state index is 8.92. The third-order valence-electron chi connectivity index (χ3n) is 1.95. The summed E-state index contributed by atoms with van der Waals surface area (Å²) in [6.07, 6.45) is 3.97. The van der Waals surface area contributed by atoms with Gasteiger partial charge < -0.3 is 10.0 Å². The number of hydrogen-bond acceptors (Lipinski definition) is 5. The Hall–Kier alpha value is -1.67. The second-order valence-corrected chi connectivity index (χ2v) is 3.05. The van der Waals surface area contributed by atoms with Crippen LogP contribution < -0.4 is 4.90 Å². The SMILES string of the molecule is CCCN(CCO)c1nccnc1C#N. The number of hydrogen-bond donors (Lipinski definition) is 1. The Morgan fingerprint density at radius 2 is 2.13 bits per heavy atom. The van der Waals surface area contributed by atoms with Crippen LogP contribution in [0.3, 0.4) is 0 Å². The quantitative estimate of drug-likeness (QED) is 0.762. The number of aromatic nitrogens is 2. The van der Waals surface area contributed by atoms with E-state index >= 15 is 0 Å². The van der Waals surface area contributed by atoms with Crippen LogP contribution in [0.2, 0.25) is 0 Å². The lowest BCUT2D eigenvalue weighted by atomic mass is 10.3. The van der Waals surface area contributed by atoms with Crippen LogP contribution in [0.1, 0.15) is 19.0 Å². The molecule has 1 aromatic heterocycles. The molecule has 5 heteroatoms. The molecule has 80 valence electrons. The number of aliphatic hydroxyl groups excluding tert-OH is 1. The van der Waals surface area contributed by atoms with Crippen LogP contribution >= 0.6 is 0 Å². The molecule has 1 N–H and O–H groups in total. The van der Waals surface area contributed by atoms with Gasteiger partial charge in [0.05, 0.1) is 6.61 Å². The van der Waals surface area contributed by atoms with E-state index in [2.05, 4.69) is 9.97 Å². The van der Waals surface area contributed by atoms with Gasteiger partial charge in [0.25, 0.3) is 0 Å². The largest absolute Gasteiger partial charge is 0.395 e. The molecule has 0 saturated heterocycles. The van der Waals surface area contributed by atoms with E-state index in [1.807, 2.05) is 17.9 Å². The molecule has 0 spiro atoms. The van der Waals surface area contributed by atoms with Gasteiger partial charge >= 0.3 is 0 Å². The molecule has 0 aliphatic heterocycles. The van der Waals surface area contributed by atoms with Gasteiger partial charge in [-0.25, -0.2) is 9.97 Å². The predicted molar refractivity (Wildman–Crippen MR) is 56.3 cm³/mol. The Kier molecular flexibility index (Phi) is 4.51. The molecule has 0 atom stereocenters. The van der Waals surface area contributed by atoms with Gasteiger partial charge in [-0.15, -0.1) is 0 Å². The Morgan fingerprint density at radius 1 is 1.40 bits per heavy atom. The molecule has 5 nitrogen and oxygen atoms in total. The first kappa shape index (κ1) is 11.4. The van der Waals surface area contributed by atoms with Crippen molar-refractivity contribution in [3.63, 3.8) is 0 Å². The Morgan fingerprint density at radius 3 is 2.73 bits per heavy atom. The summed E-state index contributed by atoms with van der Waals surface area (Å²) in [6, 6.07) is 2.00. The van der Waals surface area contributed by atoms with Gasteiger partial charge in [0.15, 0.2) is 11.5 Å². The van der Waals surface area contributed by atoms with Crippen LogP contribution in [-0.4, -0.2) is 34.8 Å². The summed E-state index contributed by atoms with van der Waals surface area (Å²) in [5, 5.41) is 17.8. The van der Waals surface area contributed by atoms with Crippen LogP contribution in [0, 0.1) is 11.3 Å². The zero-order chi connectivity index (χ0) is 11.1. The topological polar surface area (TPSA) is 73.0 Å². The molecule has 1 aromatic rings. The molecule has 0 amide bonds. The van der Waals surface area contributed by atoms with Gasteiger partial charge in [0, 0.05) is 25.5 Å². The maximum atomic E-state index is 8.92. The number of anilines is 1. The van der Waals surface area contributed by atoms with Gasteiger partial charge in [0.1, 0.15) is 6.07 Å². The summed E-state index contributed by atoms with van der Waals surface area (Å²) >= 11 is 0. The highest BCUT2D eigenvalue weighted by Gasteiger charge is 2.11. The zero-order valence-electron chi connectivity index (χ0n) is 8.72. The van der Waals surface area contributed by atoms with Crippen molar-refractivity contribution in [2.75, 3.05) is 24.6 Å². The molecule has 0 aliphatic rings. The van der Waals surface area contributed by atoms with Gasteiger partial charge in [0.2, 0.25) is 0 Å². The number of aliphatic hydroxyl groups is 1. The lowest BCUT2D eigenvalue weighted by Gasteiger charge is -2.22. The van der Waals surface area contributed by atoms with Crippen molar-refractivity contribution in [2.24, 2.45) is 0 Å². The average Bonchev–Trinajstić information content (AvgIpc) is 2.29. The van der Waals surface area contributed by atoms with Crippen molar-refractivity contribution in [1.82, 2.24) is 9.97 Å². The number of nitriles is 1. The molecule has 15 heavy (non-hydrogen) atoms. The lowest BCUT2D eigenvalue weighted by Crippen LogP contribution is -2.29. The second-order valence-electron chi connectivity index (χ2n) is 3.05. The summed E-state index contributed by atoms with van der Waals surface area (Å²) in [5.41, 5.74) is 0.305. The lowest BCUT2D eigenvalue weighted by molar-refractivity contribution is 0.301. The Balaban J connectivity index is 2.94. The minimum absolute atomic E-state index is 0.0431. The smallest absolute Gasteiger partial charge is 0.183 e. The molecule has 0 aliphatic carbocycles. The van der Waals surface area contributed by atoms with Crippen molar-refractivity contribution < 1.29 is 5.11 Å². The highest BCUT2D eigenvalue weighted by atomic mass is 16.3. The monoisotopic (exact) mass is 206 g/mol. The van der Waals surface area contributed by atoms with Crippen LogP contribution in [0.15, 0.2) is 12.4 Å². The molecule has 0 radical (unpaired) electrons. The van der Waals surface area contributed by atoms with Crippen molar-refractivity contribution >= 4 is 5.82 Å². The summed E-state index contributed by atoms with van der Waals surface area (Å²) in [4.78, 5) is 9.92. The van der Waals surface area contributed by atoms with Gasteiger partial charge in [-0.3, -0.25) is 0 Å². The fraction of sp³-hybridized carbons (Fsp3) is 0.500. The minimum atomic E-state index is 0.0431. The second kappa shape index (κ2) is 5.94. The fourth-order valence-corrected chi connectivity index (χ4v) is 1.36. The molecule has 0 fully saturated rings. The van der Waals surface area contributed by atoms with Crippen LogP contribution in [0.25, 0.3) is 0 Å². The Labute approximate surface area is 89.0 Å². The summed E-state index contributed by atoms with van der Waals surface area (Å²) in [6.45, 7) is 3.31. The van der Waals surface area contributed by atoms with Gasteiger partial charge in [-0.05, 0) is 6.42 Å². The van der Waals surface area contributed by atoms with E-state index in [4.69, 9.17) is 10.4 Å². The molecule has 1 rings (SSSR count). The van der Waals surface area contributed by atoms with E-state index in [1.54, 1.807) is 6.20 Å². The van der Waals surface area contributed by atoms with E-state index in [0.717, 1.165) is 13.0 Å². The van der Waals surface area contributed by atoms with Crippen molar-refractivity contribution in [3.8, 4) is 6.07 Å². The van der Waals surface area contributed by atoms with Crippen LogP contribution in [0.4, 0.5) is 5.82 Å². The normalized spacial score (nSPS) is 9.67. The summed E-state index contributed by atoms with van der Waals surface area (Å²) in [5.74, 6) is 0.552. The molecule has 0 aromatic carbocycles. The van der Waals surface area contributed by atoms with Crippen LogP contribution in [-0.2, 0) is 0 Å². The van der Waals surface area contributed by atoms with Crippen molar-refractivity contribution in [3.05, 3.63) is 18.1 Å². The fourth-order valence-electron chi connectivity index (χ4n) is 1.36. The Bertz CT molecular complexity index is 342. The first-order valence-corrected chi connectivity index (χ1v) is 4.90. The van der Waals surface area contributed by atoms with E-state index in [-0.39, 0.29) is 6.61 Å². The predicted octanol–water partition coefficient (Wildman–Crippen LogP) is 0.557. The van der Waals surface area contributed by atoms with E-state index in [1.165, 1.54) is 6.20 Å². The molecule has 0 saturated carbocycles. The minimum Gasteiger partial charge on any atom is -0.395 e. The van der Waals surface area contributed by atoms with Crippen molar-refractivity contribution in [2.45, 2.75) is 13.3 Å². The summed E-state index contributed by atoms with van der Waals surface area (Å²) in [7, 11) is 0. The van der Waals surface area contributed by atoms with Gasteiger partial charge in [-0.1, -0.05) is 6.92 Å². The maximum Gasteiger partial charge on any atom is 0.183 e. The van der Waals surface area contributed by atoms with Crippen LogP contribution in [0.5, 0.6) is 0 Å². The first-order valence-electron chi connectivity index (χ1n) is 4.90. The highest BCUT2D eigenvalue weighted by molar-refractivity contribution is 5.49. The van der Waals surface area contributed by atoms with E-state index < -0.39 is 0 Å². The molecule has 0 bridgehead atoms. The third-order valence-corrected chi connectivity index (χ3v) is 1.95. The third kappa shape index (κ3) is 2.89. The molecular formula is C10H14N4O. The molecular weight excluding hydrogens is 192 g/mol.